The van der Waals surface area contributed by atoms with Crippen molar-refractivity contribution in [1.82, 2.24) is 0 Å². The first-order valence-corrected chi connectivity index (χ1v) is 11.3. The maximum atomic E-state index is 13.0. The Kier molecular flexibility index (Phi) is 8.40. The van der Waals surface area contributed by atoms with Crippen molar-refractivity contribution >= 4 is 40.5 Å². The normalized spacial score (nSPS) is 10.5. The summed E-state index contributed by atoms with van der Waals surface area (Å²) in [5.41, 5.74) is 3.35. The van der Waals surface area contributed by atoms with Crippen LogP contribution in [0.3, 0.4) is 0 Å². The van der Waals surface area contributed by atoms with E-state index in [0.29, 0.717) is 29.2 Å². The third-order valence-corrected chi connectivity index (χ3v) is 5.15. The van der Waals surface area contributed by atoms with Gasteiger partial charge in [-0.05, 0) is 61.5 Å². The van der Waals surface area contributed by atoms with Crippen LogP contribution in [0.4, 0.5) is 22.7 Å². The van der Waals surface area contributed by atoms with Crippen LogP contribution in [0.2, 0.25) is 0 Å². The summed E-state index contributed by atoms with van der Waals surface area (Å²) in [6.45, 7) is 6.17. The van der Waals surface area contributed by atoms with Crippen LogP contribution >= 0.6 is 0 Å². The molecule has 34 heavy (non-hydrogen) atoms. The number of para-hydroxylation sites is 1. The summed E-state index contributed by atoms with van der Waals surface area (Å²) in [5.74, 6) is -0.503. The predicted molar refractivity (Wildman–Crippen MR) is 137 cm³/mol. The highest BCUT2D eigenvalue weighted by molar-refractivity contribution is 6.06. The van der Waals surface area contributed by atoms with Crippen molar-refractivity contribution in [3.05, 3.63) is 84.4 Å². The Hall–Kier alpha value is -4.13. The molecule has 3 rings (SSSR count). The number of hydrogen-bond donors (Lipinski definition) is 3. The van der Waals surface area contributed by atoms with Gasteiger partial charge in [0.1, 0.15) is 0 Å². The second kappa shape index (κ2) is 11.7. The fraction of sp³-hybridized carbons (Fsp3) is 0.222. The zero-order valence-corrected chi connectivity index (χ0v) is 19.7. The Morgan fingerprint density at radius 1 is 0.794 bits per heavy atom. The SMILES string of the molecule is CCN(C(=O)c1cccc(NCC(=O)Nc2ccc(NC(=O)C(C)C)cc2)c1)c1ccccc1. The molecule has 3 aromatic carbocycles. The van der Waals surface area contributed by atoms with Crippen LogP contribution < -0.4 is 20.9 Å². The Morgan fingerprint density at radius 3 is 2.06 bits per heavy atom. The molecule has 0 saturated carbocycles. The Bertz CT molecular complexity index is 1130. The van der Waals surface area contributed by atoms with Crippen LogP contribution in [0, 0.1) is 5.92 Å². The number of carbonyl (C=O) groups excluding carboxylic acids is 3. The lowest BCUT2D eigenvalue weighted by atomic mass is 10.1. The number of nitrogens with zero attached hydrogens (tertiary/aromatic N) is 1. The van der Waals surface area contributed by atoms with Gasteiger partial charge in [-0.2, -0.15) is 0 Å². The average molecular weight is 459 g/mol. The number of amides is 3. The molecule has 7 nitrogen and oxygen atoms in total. The van der Waals surface area contributed by atoms with Gasteiger partial charge in [0.2, 0.25) is 11.8 Å². The molecule has 0 heterocycles. The van der Waals surface area contributed by atoms with Crippen LogP contribution in [0.5, 0.6) is 0 Å². The minimum absolute atomic E-state index is 0.0413. The summed E-state index contributed by atoms with van der Waals surface area (Å²) in [5, 5.41) is 8.69. The summed E-state index contributed by atoms with van der Waals surface area (Å²) in [6, 6.07) is 23.6. The minimum atomic E-state index is -0.227. The van der Waals surface area contributed by atoms with Crippen molar-refractivity contribution in [2.75, 3.05) is 33.9 Å². The molecule has 0 aliphatic rings. The molecule has 3 amide bonds. The number of nitrogens with one attached hydrogen (secondary N) is 3. The van der Waals surface area contributed by atoms with Crippen LogP contribution in [-0.4, -0.2) is 30.8 Å². The number of hydrogen-bond acceptors (Lipinski definition) is 4. The van der Waals surface area contributed by atoms with E-state index in [2.05, 4.69) is 16.0 Å². The molecule has 0 bridgehead atoms. The van der Waals surface area contributed by atoms with Gasteiger partial charge in [-0.3, -0.25) is 14.4 Å². The van der Waals surface area contributed by atoms with E-state index in [4.69, 9.17) is 0 Å². The first-order chi connectivity index (χ1) is 16.4. The van der Waals surface area contributed by atoms with E-state index in [1.807, 2.05) is 57.2 Å². The third kappa shape index (κ3) is 6.68. The Morgan fingerprint density at radius 2 is 1.44 bits per heavy atom. The van der Waals surface area contributed by atoms with Crippen molar-refractivity contribution in [1.29, 1.82) is 0 Å². The summed E-state index contributed by atoms with van der Waals surface area (Å²) >= 11 is 0. The number of rotatable bonds is 9. The van der Waals surface area contributed by atoms with Gasteiger partial charge in [0, 0.05) is 40.8 Å². The third-order valence-electron chi connectivity index (χ3n) is 5.15. The number of carbonyl (C=O) groups is 3. The van der Waals surface area contributed by atoms with Crippen LogP contribution in [-0.2, 0) is 9.59 Å². The molecular formula is C27H30N4O3. The molecular weight excluding hydrogens is 428 g/mol. The summed E-state index contributed by atoms with van der Waals surface area (Å²) in [4.78, 5) is 38.9. The van der Waals surface area contributed by atoms with E-state index in [0.717, 1.165) is 5.69 Å². The van der Waals surface area contributed by atoms with Gasteiger partial charge in [0.05, 0.1) is 6.54 Å². The van der Waals surface area contributed by atoms with Crippen LogP contribution in [0.1, 0.15) is 31.1 Å². The van der Waals surface area contributed by atoms with E-state index in [-0.39, 0.29) is 30.2 Å². The lowest BCUT2D eigenvalue weighted by Crippen LogP contribution is -2.30. The van der Waals surface area contributed by atoms with Gasteiger partial charge in [-0.15, -0.1) is 0 Å². The monoisotopic (exact) mass is 458 g/mol. The molecule has 3 N–H and O–H groups in total. The molecule has 0 aliphatic carbocycles. The van der Waals surface area contributed by atoms with Crippen LogP contribution in [0.15, 0.2) is 78.9 Å². The lowest BCUT2D eigenvalue weighted by Gasteiger charge is -2.21. The quantitative estimate of drug-likeness (QED) is 0.421. The summed E-state index contributed by atoms with van der Waals surface area (Å²) in [7, 11) is 0. The first kappa shape index (κ1) is 24.5. The van der Waals surface area contributed by atoms with E-state index < -0.39 is 0 Å². The van der Waals surface area contributed by atoms with Crippen molar-refractivity contribution in [2.24, 2.45) is 5.92 Å². The largest absolute Gasteiger partial charge is 0.376 e. The van der Waals surface area contributed by atoms with E-state index in [1.54, 1.807) is 47.4 Å². The molecule has 0 atom stereocenters. The summed E-state index contributed by atoms with van der Waals surface area (Å²) in [6.07, 6.45) is 0. The van der Waals surface area contributed by atoms with E-state index >= 15 is 0 Å². The zero-order valence-electron chi connectivity index (χ0n) is 19.7. The Labute approximate surface area is 200 Å². The van der Waals surface area contributed by atoms with E-state index in [1.165, 1.54) is 0 Å². The minimum Gasteiger partial charge on any atom is -0.376 e. The van der Waals surface area contributed by atoms with Gasteiger partial charge in [0.15, 0.2) is 0 Å². The second-order valence-electron chi connectivity index (χ2n) is 8.09. The fourth-order valence-corrected chi connectivity index (χ4v) is 3.28. The molecule has 0 unspecified atom stereocenters. The number of benzene rings is 3. The average Bonchev–Trinajstić information content (AvgIpc) is 2.85. The van der Waals surface area contributed by atoms with Crippen LogP contribution in [0.25, 0.3) is 0 Å². The smallest absolute Gasteiger partial charge is 0.258 e. The molecule has 0 fully saturated rings. The standard InChI is InChI=1S/C27H30N4O3/c1-4-31(24-11-6-5-7-12-24)27(34)20-9-8-10-23(17-20)28-18-25(32)29-21-13-15-22(16-14-21)30-26(33)19(2)3/h5-17,19,28H,4,18H2,1-3H3,(H,29,32)(H,30,33). The topological polar surface area (TPSA) is 90.5 Å². The van der Waals surface area contributed by atoms with Gasteiger partial charge in [-0.1, -0.05) is 38.1 Å². The zero-order chi connectivity index (χ0) is 24.5. The molecule has 0 aromatic heterocycles. The van der Waals surface area contributed by atoms with Gasteiger partial charge in [-0.25, -0.2) is 0 Å². The fourth-order valence-electron chi connectivity index (χ4n) is 3.28. The maximum Gasteiger partial charge on any atom is 0.258 e. The molecule has 3 aromatic rings. The highest BCUT2D eigenvalue weighted by atomic mass is 16.2. The van der Waals surface area contributed by atoms with Gasteiger partial charge in [0.25, 0.3) is 5.91 Å². The van der Waals surface area contributed by atoms with Crippen molar-refractivity contribution in [3.63, 3.8) is 0 Å². The second-order valence-corrected chi connectivity index (χ2v) is 8.09. The van der Waals surface area contributed by atoms with E-state index in [9.17, 15) is 14.4 Å². The highest BCUT2D eigenvalue weighted by Gasteiger charge is 2.16. The lowest BCUT2D eigenvalue weighted by molar-refractivity contribution is -0.119. The maximum absolute atomic E-state index is 13.0. The molecule has 0 aliphatic heterocycles. The van der Waals surface area contributed by atoms with Crippen molar-refractivity contribution in [2.45, 2.75) is 20.8 Å². The van der Waals surface area contributed by atoms with Gasteiger partial charge < -0.3 is 20.9 Å². The van der Waals surface area contributed by atoms with Crippen molar-refractivity contribution in [3.8, 4) is 0 Å². The highest BCUT2D eigenvalue weighted by Crippen LogP contribution is 2.19. The molecule has 0 spiro atoms. The number of anilines is 4. The van der Waals surface area contributed by atoms with Gasteiger partial charge >= 0.3 is 0 Å². The van der Waals surface area contributed by atoms with Crippen molar-refractivity contribution < 1.29 is 14.4 Å². The Balaban J connectivity index is 1.56. The molecule has 0 radical (unpaired) electrons. The molecule has 0 saturated heterocycles. The molecule has 7 heteroatoms. The predicted octanol–water partition coefficient (Wildman–Crippen LogP) is 5.00. The first-order valence-electron chi connectivity index (χ1n) is 11.3. The molecule has 176 valence electrons. The summed E-state index contributed by atoms with van der Waals surface area (Å²) < 4.78 is 0.